The summed E-state index contributed by atoms with van der Waals surface area (Å²) in [5.41, 5.74) is 0.552. The monoisotopic (exact) mass is 306 g/mol. The molecule has 0 aliphatic heterocycles. The number of pyridine rings is 2. The third-order valence-corrected chi connectivity index (χ3v) is 2.99. The van der Waals surface area contributed by atoms with E-state index in [1.807, 2.05) is 0 Å². The largest absolute Gasteiger partial charge is 0.573 e. The zero-order valence-electron chi connectivity index (χ0n) is 11.0. The summed E-state index contributed by atoms with van der Waals surface area (Å²) >= 11 is 0. The van der Waals surface area contributed by atoms with E-state index in [-0.39, 0.29) is 11.3 Å². The first-order chi connectivity index (χ1) is 10.4. The normalized spacial score (nSPS) is 11.6. The van der Waals surface area contributed by atoms with E-state index in [0.29, 0.717) is 16.6 Å². The fourth-order valence-corrected chi connectivity index (χ4v) is 2.11. The van der Waals surface area contributed by atoms with Crippen LogP contribution in [0, 0.1) is 0 Å². The van der Waals surface area contributed by atoms with Crippen LogP contribution in [0.4, 0.5) is 13.2 Å². The fourth-order valence-electron chi connectivity index (χ4n) is 2.11. The summed E-state index contributed by atoms with van der Waals surface area (Å²) in [4.78, 5) is 18.7. The molecule has 0 spiro atoms. The lowest BCUT2D eigenvalue weighted by atomic mass is 10.1. The van der Waals surface area contributed by atoms with Crippen molar-refractivity contribution in [2.45, 2.75) is 6.36 Å². The molecule has 2 heterocycles. The first-order valence-corrected chi connectivity index (χ1v) is 6.27. The van der Waals surface area contributed by atoms with Crippen molar-refractivity contribution in [2.75, 3.05) is 0 Å². The van der Waals surface area contributed by atoms with E-state index in [2.05, 4.69) is 14.7 Å². The number of aromatic amines is 1. The Morgan fingerprint density at radius 3 is 2.68 bits per heavy atom. The number of H-pyrrole nitrogens is 1. The molecule has 3 aromatic rings. The number of alkyl halides is 3. The molecule has 0 saturated heterocycles. The van der Waals surface area contributed by atoms with Crippen molar-refractivity contribution in [3.8, 4) is 16.9 Å². The minimum atomic E-state index is -4.78. The minimum absolute atomic E-state index is 0.244. The molecule has 1 aromatic carbocycles. The van der Waals surface area contributed by atoms with Crippen LogP contribution in [0.25, 0.3) is 22.2 Å². The molecule has 3 rings (SSSR count). The number of rotatable bonds is 2. The Hall–Kier alpha value is -2.83. The van der Waals surface area contributed by atoms with Gasteiger partial charge in [0.2, 0.25) is 0 Å². The lowest BCUT2D eigenvalue weighted by Crippen LogP contribution is -2.17. The van der Waals surface area contributed by atoms with E-state index in [9.17, 15) is 18.0 Å². The zero-order chi connectivity index (χ0) is 15.7. The van der Waals surface area contributed by atoms with Crippen LogP contribution in [0.15, 0.2) is 53.5 Å². The van der Waals surface area contributed by atoms with E-state index < -0.39 is 11.9 Å². The van der Waals surface area contributed by atoms with Crippen LogP contribution < -0.4 is 10.3 Å². The van der Waals surface area contributed by atoms with Crippen molar-refractivity contribution in [3.63, 3.8) is 0 Å². The molecule has 0 amide bonds. The molecular weight excluding hydrogens is 297 g/mol. The average Bonchev–Trinajstić information content (AvgIpc) is 2.45. The van der Waals surface area contributed by atoms with Crippen LogP contribution in [0.3, 0.4) is 0 Å². The predicted octanol–water partition coefficient (Wildman–Crippen LogP) is 3.49. The Bertz CT molecular complexity index is 888. The highest BCUT2D eigenvalue weighted by atomic mass is 19.4. The van der Waals surface area contributed by atoms with Crippen molar-refractivity contribution in [1.82, 2.24) is 9.97 Å². The van der Waals surface area contributed by atoms with Crippen molar-refractivity contribution >= 4 is 11.0 Å². The summed E-state index contributed by atoms with van der Waals surface area (Å²) in [5, 5.41) is 0.680. The summed E-state index contributed by atoms with van der Waals surface area (Å²) < 4.78 is 40.7. The van der Waals surface area contributed by atoms with Crippen LogP contribution in [0.1, 0.15) is 0 Å². The van der Waals surface area contributed by atoms with Crippen molar-refractivity contribution in [2.24, 2.45) is 0 Å². The summed E-state index contributed by atoms with van der Waals surface area (Å²) in [6.07, 6.45) is -3.24. The van der Waals surface area contributed by atoms with Gasteiger partial charge in [0, 0.05) is 17.1 Å². The minimum Gasteiger partial charge on any atom is -0.406 e. The average molecular weight is 306 g/mol. The number of benzene rings is 1. The number of ether oxygens (including phenoxy) is 1. The van der Waals surface area contributed by atoms with Crippen LogP contribution in [-0.2, 0) is 0 Å². The van der Waals surface area contributed by atoms with E-state index in [4.69, 9.17) is 0 Å². The summed E-state index contributed by atoms with van der Waals surface area (Å²) in [6.45, 7) is 0. The standard InChI is InChI=1S/C15H9F3N2O2/c16-15(17,18)22-11-5-1-3-9(7-11)12-8-10-4-2-6-19-13(10)20-14(12)21/h1-8H,(H,19,20,21). The topological polar surface area (TPSA) is 55.0 Å². The molecule has 7 heteroatoms. The molecule has 0 fully saturated rings. The van der Waals surface area contributed by atoms with Gasteiger partial charge >= 0.3 is 6.36 Å². The zero-order valence-corrected chi connectivity index (χ0v) is 11.0. The molecule has 0 bridgehead atoms. The van der Waals surface area contributed by atoms with Crippen molar-refractivity contribution in [3.05, 3.63) is 59.0 Å². The molecule has 22 heavy (non-hydrogen) atoms. The first-order valence-electron chi connectivity index (χ1n) is 6.27. The number of nitrogens with one attached hydrogen (secondary N) is 1. The second-order valence-electron chi connectivity index (χ2n) is 4.53. The molecule has 2 aromatic heterocycles. The maximum atomic E-state index is 12.3. The number of hydrogen-bond acceptors (Lipinski definition) is 3. The maximum Gasteiger partial charge on any atom is 0.573 e. The van der Waals surface area contributed by atoms with Crippen molar-refractivity contribution in [1.29, 1.82) is 0 Å². The lowest BCUT2D eigenvalue weighted by Gasteiger charge is -2.10. The summed E-state index contributed by atoms with van der Waals surface area (Å²) in [6, 6.07) is 10.3. The second kappa shape index (κ2) is 5.18. The van der Waals surface area contributed by atoms with E-state index in [1.54, 1.807) is 18.2 Å². The summed E-state index contributed by atoms with van der Waals surface area (Å²) in [7, 11) is 0. The van der Waals surface area contributed by atoms with Gasteiger partial charge in [0.05, 0.1) is 0 Å². The van der Waals surface area contributed by atoms with E-state index >= 15 is 0 Å². The van der Waals surface area contributed by atoms with Crippen molar-refractivity contribution < 1.29 is 17.9 Å². The SMILES string of the molecule is O=c1[nH]c2ncccc2cc1-c1cccc(OC(F)(F)F)c1. The molecule has 0 atom stereocenters. The van der Waals surface area contributed by atoms with Gasteiger partial charge in [-0.3, -0.25) is 4.79 Å². The third-order valence-electron chi connectivity index (χ3n) is 2.99. The molecule has 112 valence electrons. The predicted molar refractivity (Wildman–Crippen MR) is 74.5 cm³/mol. The Balaban J connectivity index is 2.09. The molecule has 1 N–H and O–H groups in total. The molecular formula is C15H9F3N2O2. The molecule has 0 saturated carbocycles. The molecule has 0 unspecified atom stereocenters. The number of hydrogen-bond donors (Lipinski definition) is 1. The highest BCUT2D eigenvalue weighted by Gasteiger charge is 2.31. The maximum absolute atomic E-state index is 12.3. The quantitative estimate of drug-likeness (QED) is 0.788. The van der Waals surface area contributed by atoms with Gasteiger partial charge in [-0.15, -0.1) is 13.2 Å². The molecule has 0 aliphatic carbocycles. The third kappa shape index (κ3) is 2.93. The van der Waals surface area contributed by atoms with Gasteiger partial charge in [-0.25, -0.2) is 4.98 Å². The Labute approximate surface area is 122 Å². The number of halogens is 3. The van der Waals surface area contributed by atoms with Gasteiger partial charge in [0.25, 0.3) is 5.56 Å². The van der Waals surface area contributed by atoms with E-state index in [1.165, 1.54) is 30.5 Å². The summed E-state index contributed by atoms with van der Waals surface area (Å²) in [5.74, 6) is -0.379. The smallest absolute Gasteiger partial charge is 0.406 e. The number of nitrogens with zero attached hydrogens (tertiary/aromatic N) is 1. The van der Waals surface area contributed by atoms with Crippen LogP contribution in [0.5, 0.6) is 5.75 Å². The van der Waals surface area contributed by atoms with Crippen LogP contribution in [0.2, 0.25) is 0 Å². The number of aromatic nitrogens is 2. The van der Waals surface area contributed by atoms with Gasteiger partial charge in [0.15, 0.2) is 0 Å². The molecule has 0 radical (unpaired) electrons. The highest BCUT2D eigenvalue weighted by molar-refractivity contribution is 5.80. The second-order valence-corrected chi connectivity index (χ2v) is 4.53. The van der Waals surface area contributed by atoms with Gasteiger partial charge in [-0.2, -0.15) is 0 Å². The van der Waals surface area contributed by atoms with Gasteiger partial charge < -0.3 is 9.72 Å². The van der Waals surface area contributed by atoms with Gasteiger partial charge in [-0.1, -0.05) is 12.1 Å². The molecule has 4 nitrogen and oxygen atoms in total. The molecule has 0 aliphatic rings. The Morgan fingerprint density at radius 1 is 1.09 bits per heavy atom. The Kier molecular flexibility index (Phi) is 3.32. The van der Waals surface area contributed by atoms with Crippen LogP contribution >= 0.6 is 0 Å². The van der Waals surface area contributed by atoms with Gasteiger partial charge in [-0.05, 0) is 35.9 Å². The fraction of sp³-hybridized carbons (Fsp3) is 0.0667. The first kappa shape index (κ1) is 14.1. The number of fused-ring (bicyclic) bond motifs is 1. The van der Waals surface area contributed by atoms with E-state index in [0.717, 1.165) is 0 Å². The Morgan fingerprint density at radius 2 is 1.91 bits per heavy atom. The lowest BCUT2D eigenvalue weighted by molar-refractivity contribution is -0.274. The van der Waals surface area contributed by atoms with Gasteiger partial charge in [0.1, 0.15) is 11.4 Å². The van der Waals surface area contributed by atoms with Crippen LogP contribution in [-0.4, -0.2) is 16.3 Å². The highest BCUT2D eigenvalue weighted by Crippen LogP contribution is 2.27.